The standard InChI is InChI=1S/C25H18Cl2N2O/c1-30-20-9-11-24-23(14-20)28-25(21-10-8-19(26)13-22(21)27)29(24)15-16-6-7-17-4-2-3-5-18(17)12-16/h2-14H,15H2,1H3. The van der Waals surface area contributed by atoms with Crippen LogP contribution in [0.25, 0.3) is 33.2 Å². The van der Waals surface area contributed by atoms with Gasteiger partial charge in [0.25, 0.3) is 0 Å². The number of nitrogens with zero attached hydrogens (tertiary/aromatic N) is 2. The first-order valence-corrected chi connectivity index (χ1v) is 10.4. The lowest BCUT2D eigenvalue weighted by Crippen LogP contribution is -2.02. The second-order valence-electron chi connectivity index (χ2n) is 7.18. The molecular weight excluding hydrogens is 415 g/mol. The van der Waals surface area contributed by atoms with E-state index in [0.717, 1.165) is 28.2 Å². The second-order valence-corrected chi connectivity index (χ2v) is 8.03. The molecule has 148 valence electrons. The van der Waals surface area contributed by atoms with Crippen LogP contribution in [0.3, 0.4) is 0 Å². The minimum atomic E-state index is 0.574. The number of rotatable bonds is 4. The fourth-order valence-electron chi connectivity index (χ4n) is 3.79. The summed E-state index contributed by atoms with van der Waals surface area (Å²) >= 11 is 12.7. The molecule has 5 aromatic rings. The highest BCUT2D eigenvalue weighted by atomic mass is 35.5. The van der Waals surface area contributed by atoms with Gasteiger partial charge in [0.15, 0.2) is 0 Å². The van der Waals surface area contributed by atoms with Crippen LogP contribution in [0.1, 0.15) is 5.56 Å². The van der Waals surface area contributed by atoms with E-state index in [2.05, 4.69) is 47.0 Å². The average molecular weight is 433 g/mol. The molecule has 0 bridgehead atoms. The molecule has 0 amide bonds. The molecule has 4 aromatic carbocycles. The zero-order chi connectivity index (χ0) is 20.7. The van der Waals surface area contributed by atoms with Crippen LogP contribution >= 0.6 is 23.2 Å². The van der Waals surface area contributed by atoms with Gasteiger partial charge in [-0.1, -0.05) is 59.6 Å². The Bertz CT molecular complexity index is 1390. The van der Waals surface area contributed by atoms with Crippen molar-refractivity contribution in [3.8, 4) is 17.1 Å². The third-order valence-corrected chi connectivity index (χ3v) is 5.83. The fourth-order valence-corrected chi connectivity index (χ4v) is 4.29. The maximum absolute atomic E-state index is 6.54. The van der Waals surface area contributed by atoms with Crippen molar-refractivity contribution in [1.29, 1.82) is 0 Å². The van der Waals surface area contributed by atoms with E-state index in [1.54, 1.807) is 13.2 Å². The van der Waals surface area contributed by atoms with Crippen LogP contribution in [0.15, 0.2) is 78.9 Å². The smallest absolute Gasteiger partial charge is 0.142 e. The van der Waals surface area contributed by atoms with E-state index in [4.69, 9.17) is 32.9 Å². The molecule has 0 aliphatic rings. The van der Waals surface area contributed by atoms with Crippen LogP contribution in [-0.4, -0.2) is 16.7 Å². The third-order valence-electron chi connectivity index (χ3n) is 5.28. The molecule has 0 aliphatic heterocycles. The van der Waals surface area contributed by atoms with Gasteiger partial charge in [-0.15, -0.1) is 0 Å². The fraction of sp³-hybridized carbons (Fsp3) is 0.0800. The Balaban J connectivity index is 1.69. The molecule has 5 rings (SSSR count). The zero-order valence-electron chi connectivity index (χ0n) is 16.3. The van der Waals surface area contributed by atoms with E-state index < -0.39 is 0 Å². The lowest BCUT2D eigenvalue weighted by atomic mass is 10.1. The molecule has 30 heavy (non-hydrogen) atoms. The molecule has 0 unspecified atom stereocenters. The average Bonchev–Trinajstić information content (AvgIpc) is 3.10. The molecule has 0 atom stereocenters. The molecule has 1 heterocycles. The summed E-state index contributed by atoms with van der Waals surface area (Å²) in [7, 11) is 1.66. The molecule has 5 heteroatoms. The molecular formula is C25H18Cl2N2O. The van der Waals surface area contributed by atoms with E-state index in [1.165, 1.54) is 16.3 Å². The number of aromatic nitrogens is 2. The van der Waals surface area contributed by atoms with Crippen molar-refractivity contribution in [1.82, 2.24) is 9.55 Å². The number of fused-ring (bicyclic) bond motifs is 2. The van der Waals surface area contributed by atoms with Gasteiger partial charge >= 0.3 is 0 Å². The molecule has 3 nitrogen and oxygen atoms in total. The topological polar surface area (TPSA) is 27.1 Å². The summed E-state index contributed by atoms with van der Waals surface area (Å²) < 4.78 is 7.58. The first-order valence-electron chi connectivity index (χ1n) is 9.60. The van der Waals surface area contributed by atoms with Gasteiger partial charge in [0.1, 0.15) is 11.6 Å². The van der Waals surface area contributed by atoms with E-state index >= 15 is 0 Å². The van der Waals surface area contributed by atoms with Gasteiger partial charge in [0.2, 0.25) is 0 Å². The maximum atomic E-state index is 6.54. The summed E-state index contributed by atoms with van der Waals surface area (Å²) in [6, 6.07) is 26.3. The Morgan fingerprint density at radius 1 is 0.867 bits per heavy atom. The molecule has 0 spiro atoms. The van der Waals surface area contributed by atoms with E-state index in [0.29, 0.717) is 16.6 Å². The summed E-state index contributed by atoms with van der Waals surface area (Å²) in [6.07, 6.45) is 0. The SMILES string of the molecule is COc1ccc2c(c1)nc(-c1ccc(Cl)cc1Cl)n2Cc1ccc2ccccc2c1. The summed E-state index contributed by atoms with van der Waals surface area (Å²) in [5.74, 6) is 1.57. The van der Waals surface area contributed by atoms with Crippen LogP contribution in [0, 0.1) is 0 Å². The maximum Gasteiger partial charge on any atom is 0.142 e. The van der Waals surface area contributed by atoms with E-state index in [1.807, 2.05) is 30.3 Å². The van der Waals surface area contributed by atoms with Crippen molar-refractivity contribution in [2.75, 3.05) is 7.11 Å². The van der Waals surface area contributed by atoms with Crippen molar-refractivity contribution >= 4 is 45.0 Å². The number of halogens is 2. The third kappa shape index (κ3) is 3.41. The van der Waals surface area contributed by atoms with Crippen LogP contribution in [0.4, 0.5) is 0 Å². The summed E-state index contributed by atoms with van der Waals surface area (Å²) in [5.41, 5.74) is 3.91. The lowest BCUT2D eigenvalue weighted by Gasteiger charge is -2.12. The summed E-state index contributed by atoms with van der Waals surface area (Å²) in [4.78, 5) is 4.90. The predicted octanol–water partition coefficient (Wildman–Crippen LogP) is 7.22. The number of ether oxygens (including phenoxy) is 1. The first kappa shape index (κ1) is 19.0. The second kappa shape index (κ2) is 7.67. The summed E-state index contributed by atoms with van der Waals surface area (Å²) in [5, 5.41) is 3.61. The highest BCUT2D eigenvalue weighted by molar-refractivity contribution is 6.36. The molecule has 0 fully saturated rings. The molecule has 1 aromatic heterocycles. The van der Waals surface area contributed by atoms with Crippen molar-refractivity contribution in [3.63, 3.8) is 0 Å². The molecule has 0 saturated carbocycles. The Morgan fingerprint density at radius 2 is 1.70 bits per heavy atom. The van der Waals surface area contributed by atoms with Gasteiger partial charge < -0.3 is 9.30 Å². The normalized spacial score (nSPS) is 11.3. The van der Waals surface area contributed by atoms with Gasteiger partial charge in [-0.25, -0.2) is 4.98 Å². The Morgan fingerprint density at radius 3 is 2.50 bits per heavy atom. The number of benzene rings is 4. The van der Waals surface area contributed by atoms with Crippen LogP contribution in [-0.2, 0) is 6.54 Å². The van der Waals surface area contributed by atoms with E-state index in [9.17, 15) is 0 Å². The van der Waals surface area contributed by atoms with Crippen molar-refractivity contribution in [3.05, 3.63) is 94.5 Å². The first-order chi connectivity index (χ1) is 14.6. The van der Waals surface area contributed by atoms with Gasteiger partial charge in [-0.05, 0) is 52.7 Å². The van der Waals surface area contributed by atoms with Crippen LogP contribution in [0.5, 0.6) is 5.75 Å². The minimum Gasteiger partial charge on any atom is -0.497 e. The number of hydrogen-bond donors (Lipinski definition) is 0. The number of imidazole rings is 1. The van der Waals surface area contributed by atoms with Gasteiger partial charge in [0, 0.05) is 23.2 Å². The van der Waals surface area contributed by atoms with Crippen molar-refractivity contribution in [2.45, 2.75) is 6.54 Å². The summed E-state index contributed by atoms with van der Waals surface area (Å²) in [6.45, 7) is 0.669. The van der Waals surface area contributed by atoms with E-state index in [-0.39, 0.29) is 0 Å². The van der Waals surface area contributed by atoms with Crippen molar-refractivity contribution < 1.29 is 4.74 Å². The van der Waals surface area contributed by atoms with Crippen LogP contribution < -0.4 is 4.74 Å². The van der Waals surface area contributed by atoms with Crippen molar-refractivity contribution in [2.24, 2.45) is 0 Å². The quantitative estimate of drug-likeness (QED) is 0.299. The minimum absolute atomic E-state index is 0.574. The molecule has 0 saturated heterocycles. The van der Waals surface area contributed by atoms with Crippen LogP contribution in [0.2, 0.25) is 10.0 Å². The Hall–Kier alpha value is -3.01. The highest BCUT2D eigenvalue weighted by Gasteiger charge is 2.16. The predicted molar refractivity (Wildman–Crippen MR) is 125 cm³/mol. The number of hydrogen-bond acceptors (Lipinski definition) is 2. The highest BCUT2D eigenvalue weighted by Crippen LogP contribution is 2.34. The Kier molecular flexibility index (Phi) is 4.86. The van der Waals surface area contributed by atoms with Gasteiger partial charge in [0.05, 0.1) is 23.2 Å². The monoisotopic (exact) mass is 432 g/mol. The molecule has 0 N–H and O–H groups in total. The van der Waals surface area contributed by atoms with Gasteiger partial charge in [-0.2, -0.15) is 0 Å². The molecule has 0 radical (unpaired) electrons. The Labute approximate surface area is 184 Å². The zero-order valence-corrected chi connectivity index (χ0v) is 17.8. The lowest BCUT2D eigenvalue weighted by molar-refractivity contribution is 0.415. The van der Waals surface area contributed by atoms with Gasteiger partial charge in [-0.3, -0.25) is 0 Å². The number of methoxy groups -OCH3 is 1. The molecule has 0 aliphatic carbocycles. The largest absolute Gasteiger partial charge is 0.497 e.